The quantitative estimate of drug-likeness (QED) is 0.605. The number of carbonyl (C=O) groups is 2. The number of aromatic nitrogens is 1. The SMILES string of the molecule is NC(=O)c1cccc(C(=O)NI)n1. The lowest BCUT2D eigenvalue weighted by Crippen LogP contribution is -2.18. The zero-order chi connectivity index (χ0) is 9.84. The summed E-state index contributed by atoms with van der Waals surface area (Å²) in [4.78, 5) is 25.5. The van der Waals surface area contributed by atoms with Crippen LogP contribution in [0.1, 0.15) is 21.0 Å². The van der Waals surface area contributed by atoms with Crippen LogP contribution in [-0.4, -0.2) is 16.8 Å². The third-order valence-corrected chi connectivity index (χ3v) is 1.81. The summed E-state index contributed by atoms with van der Waals surface area (Å²) in [6.45, 7) is 0. The number of amides is 2. The Morgan fingerprint density at radius 3 is 2.54 bits per heavy atom. The van der Waals surface area contributed by atoms with Gasteiger partial charge in [-0.25, -0.2) is 4.98 Å². The van der Waals surface area contributed by atoms with Crippen LogP contribution in [0.15, 0.2) is 18.2 Å². The van der Waals surface area contributed by atoms with Gasteiger partial charge in [0.15, 0.2) is 0 Å². The molecule has 0 aliphatic rings. The van der Waals surface area contributed by atoms with Gasteiger partial charge in [0.1, 0.15) is 11.4 Å². The van der Waals surface area contributed by atoms with E-state index in [4.69, 9.17) is 5.73 Å². The van der Waals surface area contributed by atoms with Gasteiger partial charge < -0.3 is 5.73 Å². The Morgan fingerprint density at radius 1 is 1.38 bits per heavy atom. The van der Waals surface area contributed by atoms with Crippen LogP contribution in [0.2, 0.25) is 0 Å². The zero-order valence-electron chi connectivity index (χ0n) is 6.45. The van der Waals surface area contributed by atoms with Crippen molar-refractivity contribution in [2.75, 3.05) is 0 Å². The molecule has 0 aliphatic carbocycles. The number of rotatable bonds is 2. The lowest BCUT2D eigenvalue weighted by molar-refractivity contribution is 0.0984. The standard InChI is InChI=1S/C7H6IN3O2/c8-11-7(13)5-3-1-2-4(10-5)6(9)12/h1-3H,(H2,9,12)(H,11,13). The second-order valence-corrected chi connectivity index (χ2v) is 2.74. The predicted molar refractivity (Wildman–Crippen MR) is 54.2 cm³/mol. The zero-order valence-corrected chi connectivity index (χ0v) is 8.61. The number of hydrogen-bond donors (Lipinski definition) is 2. The number of pyridine rings is 1. The molecule has 6 heteroatoms. The molecule has 1 heterocycles. The Morgan fingerprint density at radius 2 is 2.00 bits per heavy atom. The highest BCUT2D eigenvalue weighted by Gasteiger charge is 2.08. The van der Waals surface area contributed by atoms with Crippen LogP contribution in [0, 0.1) is 0 Å². The number of halogens is 1. The van der Waals surface area contributed by atoms with Crippen molar-refractivity contribution in [2.24, 2.45) is 5.73 Å². The minimum atomic E-state index is -0.650. The van der Waals surface area contributed by atoms with E-state index >= 15 is 0 Å². The molecule has 13 heavy (non-hydrogen) atoms. The smallest absolute Gasteiger partial charge is 0.278 e. The molecule has 3 N–H and O–H groups in total. The highest BCUT2D eigenvalue weighted by atomic mass is 127. The first-order chi connectivity index (χ1) is 6.15. The molecule has 2 amide bonds. The van der Waals surface area contributed by atoms with Gasteiger partial charge in [-0.2, -0.15) is 0 Å². The minimum absolute atomic E-state index is 0.0810. The van der Waals surface area contributed by atoms with Gasteiger partial charge in [-0.15, -0.1) is 0 Å². The molecule has 0 spiro atoms. The van der Waals surface area contributed by atoms with Gasteiger partial charge in [-0.1, -0.05) is 6.07 Å². The second kappa shape index (κ2) is 4.17. The molecule has 1 rings (SSSR count). The number of carbonyl (C=O) groups excluding carboxylic acids is 2. The van der Waals surface area contributed by atoms with Crippen molar-refractivity contribution in [3.63, 3.8) is 0 Å². The second-order valence-electron chi connectivity index (χ2n) is 2.20. The summed E-state index contributed by atoms with van der Waals surface area (Å²) in [6.07, 6.45) is 0. The summed E-state index contributed by atoms with van der Waals surface area (Å²) in [6, 6.07) is 4.50. The van der Waals surface area contributed by atoms with E-state index in [-0.39, 0.29) is 17.3 Å². The van der Waals surface area contributed by atoms with Crippen LogP contribution >= 0.6 is 22.9 Å². The van der Waals surface area contributed by atoms with E-state index in [0.717, 1.165) is 0 Å². The van der Waals surface area contributed by atoms with Crippen LogP contribution in [0.5, 0.6) is 0 Å². The van der Waals surface area contributed by atoms with Crippen LogP contribution in [-0.2, 0) is 0 Å². The molecule has 0 aromatic carbocycles. The van der Waals surface area contributed by atoms with Crippen molar-refractivity contribution in [2.45, 2.75) is 0 Å². The van der Waals surface area contributed by atoms with Crippen LogP contribution in [0.4, 0.5) is 0 Å². The monoisotopic (exact) mass is 291 g/mol. The Balaban J connectivity index is 3.05. The van der Waals surface area contributed by atoms with Crippen molar-refractivity contribution in [3.05, 3.63) is 29.6 Å². The number of nitrogens with two attached hydrogens (primary N) is 1. The molecular weight excluding hydrogens is 285 g/mol. The molecule has 0 saturated carbocycles. The van der Waals surface area contributed by atoms with Gasteiger partial charge in [-0.3, -0.25) is 13.1 Å². The van der Waals surface area contributed by atoms with Crippen molar-refractivity contribution in [1.82, 2.24) is 8.51 Å². The molecule has 1 aromatic rings. The van der Waals surface area contributed by atoms with Crippen molar-refractivity contribution >= 4 is 34.7 Å². The van der Waals surface area contributed by atoms with E-state index in [1.807, 2.05) is 0 Å². The summed E-state index contributed by atoms with van der Waals surface area (Å²) in [5.41, 5.74) is 5.24. The molecular formula is C7H6IN3O2. The Hall–Kier alpha value is -1.18. The van der Waals surface area contributed by atoms with E-state index in [2.05, 4.69) is 8.51 Å². The Labute approximate surface area is 88.2 Å². The van der Waals surface area contributed by atoms with Gasteiger partial charge >= 0.3 is 0 Å². The molecule has 0 saturated heterocycles. The maximum atomic E-state index is 11.1. The van der Waals surface area contributed by atoms with Crippen LogP contribution < -0.4 is 9.26 Å². The van der Waals surface area contributed by atoms with Gasteiger partial charge in [-0.05, 0) is 12.1 Å². The van der Waals surface area contributed by atoms with Crippen molar-refractivity contribution in [3.8, 4) is 0 Å². The van der Waals surface area contributed by atoms with E-state index in [1.54, 1.807) is 28.9 Å². The summed E-state index contributed by atoms with van der Waals surface area (Å²) in [5, 5.41) is 0. The number of primary amides is 1. The van der Waals surface area contributed by atoms with E-state index in [0.29, 0.717) is 0 Å². The van der Waals surface area contributed by atoms with E-state index < -0.39 is 5.91 Å². The molecule has 0 bridgehead atoms. The van der Waals surface area contributed by atoms with Gasteiger partial charge in [0.2, 0.25) is 0 Å². The average Bonchev–Trinajstić information content (AvgIpc) is 2.17. The molecule has 1 aromatic heterocycles. The maximum Gasteiger partial charge on any atom is 0.278 e. The van der Waals surface area contributed by atoms with Gasteiger partial charge in [0.25, 0.3) is 11.8 Å². The highest BCUT2D eigenvalue weighted by Crippen LogP contribution is 1.99. The first kappa shape index (κ1) is 9.90. The fraction of sp³-hybridized carbons (Fsp3) is 0. The summed E-state index contributed by atoms with van der Waals surface area (Å²) in [7, 11) is 0. The van der Waals surface area contributed by atoms with Gasteiger partial charge in [0, 0.05) is 0 Å². The van der Waals surface area contributed by atoms with E-state index in [9.17, 15) is 9.59 Å². The first-order valence-corrected chi connectivity index (χ1v) is 4.41. The van der Waals surface area contributed by atoms with Crippen LogP contribution in [0.25, 0.3) is 0 Å². The largest absolute Gasteiger partial charge is 0.364 e. The molecule has 0 atom stereocenters. The number of nitrogens with zero attached hydrogens (tertiary/aromatic N) is 1. The Bertz CT molecular complexity index is 353. The first-order valence-electron chi connectivity index (χ1n) is 3.33. The maximum absolute atomic E-state index is 11.1. The van der Waals surface area contributed by atoms with E-state index in [1.165, 1.54) is 12.1 Å². The fourth-order valence-electron chi connectivity index (χ4n) is 0.747. The predicted octanol–water partition coefficient (Wildman–Crippen LogP) is 0.260. The molecule has 0 radical (unpaired) electrons. The summed E-state index contributed by atoms with van der Waals surface area (Å²) in [5.74, 6) is -1.01. The normalized spacial score (nSPS) is 9.31. The van der Waals surface area contributed by atoms with Crippen LogP contribution in [0.3, 0.4) is 0 Å². The molecule has 0 fully saturated rings. The summed E-state index contributed by atoms with van der Waals surface area (Å²) >= 11 is 1.69. The van der Waals surface area contributed by atoms with Crippen molar-refractivity contribution in [1.29, 1.82) is 0 Å². The lowest BCUT2D eigenvalue weighted by Gasteiger charge is -1.98. The average molecular weight is 291 g/mol. The third kappa shape index (κ3) is 2.38. The topological polar surface area (TPSA) is 85.1 Å². The molecule has 0 aliphatic heterocycles. The third-order valence-electron chi connectivity index (χ3n) is 1.32. The minimum Gasteiger partial charge on any atom is -0.364 e. The van der Waals surface area contributed by atoms with Crippen molar-refractivity contribution < 1.29 is 9.59 Å². The lowest BCUT2D eigenvalue weighted by atomic mass is 10.3. The van der Waals surface area contributed by atoms with Gasteiger partial charge in [0.05, 0.1) is 22.9 Å². The number of nitrogens with one attached hydrogen (secondary N) is 1. The fourth-order valence-corrected chi connectivity index (χ4v) is 1.02. The number of hydrogen-bond acceptors (Lipinski definition) is 3. The summed E-state index contributed by atoms with van der Waals surface area (Å²) < 4.78 is 2.36. The highest BCUT2D eigenvalue weighted by molar-refractivity contribution is 14.1. The Kier molecular flexibility index (Phi) is 3.18. The molecule has 68 valence electrons. The molecule has 0 unspecified atom stereocenters. The molecule has 5 nitrogen and oxygen atoms in total.